The smallest absolute Gasteiger partial charge is 0.423 e. The van der Waals surface area contributed by atoms with Crippen molar-refractivity contribution in [2.75, 3.05) is 6.54 Å². The molecule has 1 unspecified atom stereocenters. The van der Waals surface area contributed by atoms with Crippen molar-refractivity contribution in [3.8, 4) is 0 Å². The van der Waals surface area contributed by atoms with E-state index in [-0.39, 0.29) is 5.56 Å². The summed E-state index contributed by atoms with van der Waals surface area (Å²) in [4.78, 5) is 22.5. The van der Waals surface area contributed by atoms with Crippen LogP contribution in [-0.4, -0.2) is 34.8 Å². The lowest BCUT2D eigenvalue weighted by Gasteiger charge is -2.31. The van der Waals surface area contributed by atoms with Crippen molar-refractivity contribution in [3.63, 3.8) is 0 Å². The van der Waals surface area contributed by atoms with Gasteiger partial charge in [-0.05, 0) is 5.56 Å². The summed E-state index contributed by atoms with van der Waals surface area (Å²) < 4.78 is 44.4. The quantitative estimate of drug-likeness (QED) is 0.772. The van der Waals surface area contributed by atoms with E-state index in [0.717, 1.165) is 24.5 Å². The number of aromatic carboxylic acids is 1. The molecular formula is C15H12F3NO5. The minimum Gasteiger partial charge on any atom is -0.478 e. The zero-order valence-corrected chi connectivity index (χ0v) is 12.0. The summed E-state index contributed by atoms with van der Waals surface area (Å²) in [7, 11) is 0. The van der Waals surface area contributed by atoms with Gasteiger partial charge in [-0.3, -0.25) is 4.79 Å². The van der Waals surface area contributed by atoms with E-state index in [1.54, 1.807) is 0 Å². The van der Waals surface area contributed by atoms with Crippen molar-refractivity contribution in [3.05, 3.63) is 59.5 Å². The molecule has 6 nitrogen and oxygen atoms in total. The highest BCUT2D eigenvalue weighted by Gasteiger charge is 2.55. The van der Waals surface area contributed by atoms with Crippen molar-refractivity contribution in [1.29, 1.82) is 0 Å². The number of carboxylic acids is 1. The summed E-state index contributed by atoms with van der Waals surface area (Å²) in [6, 6.07) is 7.14. The second-order valence-corrected chi connectivity index (χ2v) is 4.91. The first-order valence-electron chi connectivity index (χ1n) is 6.60. The number of alkyl halides is 3. The van der Waals surface area contributed by atoms with Gasteiger partial charge in [-0.1, -0.05) is 30.3 Å². The van der Waals surface area contributed by atoms with Gasteiger partial charge in [0.15, 0.2) is 5.76 Å². The minimum absolute atomic E-state index is 0.325. The lowest BCUT2D eigenvalue weighted by molar-refractivity contribution is -0.263. The summed E-state index contributed by atoms with van der Waals surface area (Å²) in [5, 5.41) is 20.7. The topological polar surface area (TPSA) is 99.8 Å². The fraction of sp³-hybridized carbons (Fsp3) is 0.200. The van der Waals surface area contributed by atoms with E-state index < -0.39 is 41.5 Å². The molecule has 0 saturated carbocycles. The summed E-state index contributed by atoms with van der Waals surface area (Å²) in [6.07, 6.45) is -4.26. The summed E-state index contributed by atoms with van der Waals surface area (Å²) in [5.41, 5.74) is -4.07. The maximum Gasteiger partial charge on any atom is 0.423 e. The lowest BCUT2D eigenvalue weighted by atomic mass is 9.93. The zero-order valence-electron chi connectivity index (χ0n) is 12.0. The molecule has 0 aliphatic carbocycles. The Morgan fingerprint density at radius 3 is 2.29 bits per heavy atom. The average Bonchev–Trinajstić information content (AvgIpc) is 3.02. The largest absolute Gasteiger partial charge is 0.478 e. The van der Waals surface area contributed by atoms with Crippen molar-refractivity contribution in [2.24, 2.45) is 0 Å². The standard InChI is InChI=1S/C15H12F3NO5/c16-15(17,18)14(23,10-4-2-1-3-5-10)8-19-12(20)11-6-9(7-24-11)13(21)22/h1-7,23H,8H2,(H,19,20)(H,21,22). The predicted molar refractivity (Wildman–Crippen MR) is 74.4 cm³/mol. The number of nitrogens with one attached hydrogen (secondary N) is 1. The molecule has 1 atom stereocenters. The molecule has 1 amide bonds. The van der Waals surface area contributed by atoms with Crippen LogP contribution in [0.1, 0.15) is 26.5 Å². The highest BCUT2D eigenvalue weighted by Crippen LogP contribution is 2.38. The first kappa shape index (κ1) is 17.5. The fourth-order valence-electron chi connectivity index (χ4n) is 1.94. The normalized spacial score (nSPS) is 14.0. The number of rotatable bonds is 5. The van der Waals surface area contributed by atoms with Crippen LogP contribution in [0, 0.1) is 0 Å². The molecule has 0 saturated heterocycles. The first-order chi connectivity index (χ1) is 11.1. The Bertz CT molecular complexity index is 741. The highest BCUT2D eigenvalue weighted by molar-refractivity contribution is 5.95. The van der Waals surface area contributed by atoms with Crippen molar-refractivity contribution < 1.29 is 37.4 Å². The van der Waals surface area contributed by atoms with Gasteiger partial charge >= 0.3 is 12.1 Å². The molecule has 0 aliphatic heterocycles. The second-order valence-electron chi connectivity index (χ2n) is 4.91. The van der Waals surface area contributed by atoms with E-state index in [1.807, 2.05) is 5.32 Å². The van der Waals surface area contributed by atoms with E-state index in [1.165, 1.54) is 18.2 Å². The molecule has 3 N–H and O–H groups in total. The summed E-state index contributed by atoms with van der Waals surface area (Å²) >= 11 is 0. The first-order valence-corrected chi connectivity index (χ1v) is 6.60. The van der Waals surface area contributed by atoms with Crippen LogP contribution in [-0.2, 0) is 5.60 Å². The van der Waals surface area contributed by atoms with E-state index in [2.05, 4.69) is 4.42 Å². The predicted octanol–water partition coefficient (Wildman–Crippen LogP) is 2.16. The third kappa shape index (κ3) is 3.40. The molecule has 0 aliphatic rings. The Kier molecular flexibility index (Phi) is 4.65. The van der Waals surface area contributed by atoms with Crippen LogP contribution < -0.4 is 5.32 Å². The minimum atomic E-state index is -5.04. The lowest BCUT2D eigenvalue weighted by Crippen LogP contribution is -2.51. The molecule has 1 heterocycles. The Morgan fingerprint density at radius 1 is 1.17 bits per heavy atom. The second kappa shape index (κ2) is 6.36. The maximum absolute atomic E-state index is 13.3. The van der Waals surface area contributed by atoms with Crippen LogP contribution in [0.4, 0.5) is 13.2 Å². The number of carbonyl (C=O) groups excluding carboxylic acids is 1. The van der Waals surface area contributed by atoms with E-state index in [9.17, 15) is 27.9 Å². The van der Waals surface area contributed by atoms with Crippen molar-refractivity contribution in [1.82, 2.24) is 5.32 Å². The van der Waals surface area contributed by atoms with Crippen LogP contribution in [0.25, 0.3) is 0 Å². The molecule has 2 rings (SSSR count). The van der Waals surface area contributed by atoms with Gasteiger partial charge in [-0.25, -0.2) is 4.79 Å². The van der Waals surface area contributed by atoms with Gasteiger partial charge in [-0.15, -0.1) is 0 Å². The molecule has 128 valence electrons. The molecule has 1 aromatic carbocycles. The molecular weight excluding hydrogens is 331 g/mol. The van der Waals surface area contributed by atoms with Gasteiger partial charge in [0.2, 0.25) is 5.60 Å². The van der Waals surface area contributed by atoms with Crippen LogP contribution in [0.3, 0.4) is 0 Å². The number of carbonyl (C=O) groups is 2. The number of amides is 1. The Hall–Kier alpha value is -2.81. The Labute approximate surface area is 133 Å². The average molecular weight is 343 g/mol. The number of benzene rings is 1. The van der Waals surface area contributed by atoms with Crippen molar-refractivity contribution >= 4 is 11.9 Å². The number of hydrogen-bond donors (Lipinski definition) is 3. The van der Waals surface area contributed by atoms with Crippen molar-refractivity contribution in [2.45, 2.75) is 11.8 Å². The third-order valence-electron chi connectivity index (χ3n) is 3.30. The third-order valence-corrected chi connectivity index (χ3v) is 3.30. The molecule has 1 aromatic heterocycles. The van der Waals surface area contributed by atoms with E-state index in [0.29, 0.717) is 0 Å². The molecule has 0 fully saturated rings. The maximum atomic E-state index is 13.3. The number of carboxylic acid groups (broad SMARTS) is 1. The molecule has 0 bridgehead atoms. The molecule has 0 spiro atoms. The molecule has 2 aromatic rings. The summed E-state index contributed by atoms with van der Waals surface area (Å²) in [6.45, 7) is -1.16. The number of aliphatic hydroxyl groups is 1. The van der Waals surface area contributed by atoms with Gasteiger partial charge in [0.1, 0.15) is 6.26 Å². The van der Waals surface area contributed by atoms with Crippen LogP contribution in [0.2, 0.25) is 0 Å². The molecule has 9 heteroatoms. The molecule has 24 heavy (non-hydrogen) atoms. The Morgan fingerprint density at radius 2 is 1.79 bits per heavy atom. The number of halogens is 3. The van der Waals surface area contributed by atoms with E-state index in [4.69, 9.17) is 5.11 Å². The number of furan rings is 1. The fourth-order valence-corrected chi connectivity index (χ4v) is 1.94. The SMILES string of the molecule is O=C(O)c1coc(C(=O)NCC(O)(c2ccccc2)C(F)(F)F)c1. The molecule has 0 radical (unpaired) electrons. The summed E-state index contributed by atoms with van der Waals surface area (Å²) in [5.74, 6) is -2.92. The van der Waals surface area contributed by atoms with Crippen LogP contribution in [0.5, 0.6) is 0 Å². The Balaban J connectivity index is 2.19. The highest BCUT2D eigenvalue weighted by atomic mass is 19.4. The monoisotopic (exact) mass is 343 g/mol. The van der Waals surface area contributed by atoms with Gasteiger partial charge < -0.3 is 19.9 Å². The van der Waals surface area contributed by atoms with Gasteiger partial charge in [0.05, 0.1) is 12.1 Å². The zero-order chi connectivity index (χ0) is 18.0. The van der Waals surface area contributed by atoms with Gasteiger partial charge in [0.25, 0.3) is 5.91 Å². The van der Waals surface area contributed by atoms with E-state index >= 15 is 0 Å². The number of hydrogen-bond acceptors (Lipinski definition) is 4. The van der Waals surface area contributed by atoms with Crippen LogP contribution in [0.15, 0.2) is 47.1 Å². The van der Waals surface area contributed by atoms with Gasteiger partial charge in [-0.2, -0.15) is 13.2 Å². The van der Waals surface area contributed by atoms with Gasteiger partial charge in [0, 0.05) is 6.07 Å². The van der Waals surface area contributed by atoms with Crippen LogP contribution >= 0.6 is 0 Å².